The predicted molar refractivity (Wildman–Crippen MR) is 93.8 cm³/mol. The molecule has 0 aromatic heterocycles. The second-order valence-corrected chi connectivity index (χ2v) is 7.20. The summed E-state index contributed by atoms with van der Waals surface area (Å²) in [4.78, 5) is 0. The van der Waals surface area contributed by atoms with Gasteiger partial charge in [0.05, 0.1) is 6.10 Å². The fourth-order valence-corrected chi connectivity index (χ4v) is 3.07. The quantitative estimate of drug-likeness (QED) is 0.233. The predicted octanol–water partition coefficient (Wildman–Crippen LogP) is 2.15. The monoisotopic (exact) mass is 333 g/mol. The van der Waals surface area contributed by atoms with E-state index in [4.69, 9.17) is 15.9 Å². The summed E-state index contributed by atoms with van der Waals surface area (Å²) >= 11 is 0. The molecule has 0 rings (SSSR count). The summed E-state index contributed by atoms with van der Waals surface area (Å²) in [6.07, 6.45) is 7.60. The summed E-state index contributed by atoms with van der Waals surface area (Å²) in [7, 11) is 0. The Kier molecular flexibility index (Phi) is 14.0. The largest absolute Gasteiger partial charge is 0.396 e. The Bertz CT molecular complexity index is 261. The first-order valence-electron chi connectivity index (χ1n) is 9.27. The van der Waals surface area contributed by atoms with Gasteiger partial charge in [0.1, 0.15) is 0 Å². The third-order valence-corrected chi connectivity index (χ3v) is 4.59. The van der Waals surface area contributed by atoms with Crippen molar-refractivity contribution in [2.75, 3.05) is 6.61 Å². The zero-order valence-electron chi connectivity index (χ0n) is 15.0. The van der Waals surface area contributed by atoms with E-state index in [1.807, 2.05) is 13.8 Å². The lowest BCUT2D eigenvalue weighted by Crippen LogP contribution is -2.28. The van der Waals surface area contributed by atoms with Crippen molar-refractivity contribution < 1.29 is 20.4 Å². The van der Waals surface area contributed by atoms with Gasteiger partial charge in [0.2, 0.25) is 0 Å². The van der Waals surface area contributed by atoms with Crippen LogP contribution in [0.4, 0.5) is 0 Å². The maximum absolute atomic E-state index is 10.2. The van der Waals surface area contributed by atoms with E-state index in [0.717, 1.165) is 57.8 Å². The van der Waals surface area contributed by atoms with Crippen molar-refractivity contribution in [1.29, 1.82) is 0 Å². The molecule has 0 amide bonds. The molecule has 140 valence electrons. The van der Waals surface area contributed by atoms with E-state index in [0.29, 0.717) is 6.42 Å². The van der Waals surface area contributed by atoms with E-state index in [1.54, 1.807) is 0 Å². The van der Waals surface area contributed by atoms with Crippen LogP contribution in [0.15, 0.2) is 0 Å². The summed E-state index contributed by atoms with van der Waals surface area (Å²) in [5, 5.41) is 37.0. The molecule has 5 heteroatoms. The SMILES string of the molecule is CC(N)CC(CC(O)CCCCCCCCC(O)O)C(C)CO. The zero-order chi connectivity index (χ0) is 17.7. The Morgan fingerprint density at radius 2 is 1.30 bits per heavy atom. The van der Waals surface area contributed by atoms with Crippen LogP contribution in [-0.4, -0.2) is 45.5 Å². The maximum atomic E-state index is 10.2. The van der Waals surface area contributed by atoms with E-state index in [1.165, 1.54) is 0 Å². The minimum Gasteiger partial charge on any atom is -0.396 e. The highest BCUT2D eigenvalue weighted by Crippen LogP contribution is 2.24. The average molecular weight is 334 g/mol. The van der Waals surface area contributed by atoms with Crippen LogP contribution in [0.2, 0.25) is 0 Å². The topological polar surface area (TPSA) is 107 Å². The Morgan fingerprint density at radius 3 is 1.78 bits per heavy atom. The third kappa shape index (κ3) is 13.9. The Morgan fingerprint density at radius 1 is 0.783 bits per heavy atom. The van der Waals surface area contributed by atoms with Crippen molar-refractivity contribution in [2.45, 2.75) is 96.5 Å². The Hall–Kier alpha value is -0.200. The molecule has 0 aliphatic rings. The number of aliphatic hydroxyl groups is 4. The van der Waals surface area contributed by atoms with E-state index >= 15 is 0 Å². The Balaban J connectivity index is 3.72. The molecule has 23 heavy (non-hydrogen) atoms. The lowest BCUT2D eigenvalue weighted by Gasteiger charge is -2.26. The molecular weight excluding hydrogens is 294 g/mol. The lowest BCUT2D eigenvalue weighted by atomic mass is 9.83. The summed E-state index contributed by atoms with van der Waals surface area (Å²) in [6.45, 7) is 4.13. The van der Waals surface area contributed by atoms with Crippen molar-refractivity contribution >= 4 is 0 Å². The standard InChI is InChI=1S/C18H39NO4/c1-14(13-20)16(11-15(2)19)12-17(21)9-7-5-3-4-6-8-10-18(22)23/h14-18,20-23H,3-13,19H2,1-2H3. The summed E-state index contributed by atoms with van der Waals surface area (Å²) < 4.78 is 0. The normalized spacial score (nSPS) is 17.2. The van der Waals surface area contributed by atoms with Crippen molar-refractivity contribution in [1.82, 2.24) is 0 Å². The number of unbranched alkanes of at least 4 members (excludes halogenated alkanes) is 5. The maximum Gasteiger partial charge on any atom is 0.151 e. The minimum absolute atomic E-state index is 0.0960. The highest BCUT2D eigenvalue weighted by molar-refractivity contribution is 4.74. The van der Waals surface area contributed by atoms with Gasteiger partial charge in [-0.15, -0.1) is 0 Å². The smallest absolute Gasteiger partial charge is 0.151 e. The fraction of sp³-hybridized carbons (Fsp3) is 1.00. The summed E-state index contributed by atoms with van der Waals surface area (Å²) in [5.74, 6) is 0.456. The number of rotatable bonds is 15. The zero-order valence-corrected chi connectivity index (χ0v) is 15.0. The van der Waals surface area contributed by atoms with Crippen molar-refractivity contribution in [3.8, 4) is 0 Å². The van der Waals surface area contributed by atoms with Crippen LogP contribution < -0.4 is 5.73 Å². The van der Waals surface area contributed by atoms with Crippen LogP contribution in [0.3, 0.4) is 0 Å². The van der Waals surface area contributed by atoms with Crippen molar-refractivity contribution in [2.24, 2.45) is 17.6 Å². The molecule has 0 bridgehead atoms. The molecule has 0 heterocycles. The molecule has 5 nitrogen and oxygen atoms in total. The molecule has 0 aliphatic carbocycles. The van der Waals surface area contributed by atoms with Gasteiger partial charge in [0, 0.05) is 12.6 Å². The van der Waals surface area contributed by atoms with Crippen LogP contribution in [0.25, 0.3) is 0 Å². The highest BCUT2D eigenvalue weighted by atomic mass is 16.5. The summed E-state index contributed by atoms with van der Waals surface area (Å²) in [5.41, 5.74) is 5.87. The van der Waals surface area contributed by atoms with E-state index in [9.17, 15) is 10.2 Å². The number of hydrogen-bond donors (Lipinski definition) is 5. The van der Waals surface area contributed by atoms with Gasteiger partial charge in [-0.3, -0.25) is 0 Å². The van der Waals surface area contributed by atoms with Gasteiger partial charge in [-0.2, -0.15) is 0 Å². The van der Waals surface area contributed by atoms with Gasteiger partial charge in [-0.05, 0) is 50.9 Å². The molecule has 4 atom stereocenters. The molecule has 0 spiro atoms. The van der Waals surface area contributed by atoms with Gasteiger partial charge in [-0.25, -0.2) is 0 Å². The first kappa shape index (κ1) is 22.8. The molecule has 0 radical (unpaired) electrons. The molecule has 0 aromatic rings. The van der Waals surface area contributed by atoms with Crippen LogP contribution in [-0.2, 0) is 0 Å². The molecule has 0 saturated carbocycles. The van der Waals surface area contributed by atoms with Crippen LogP contribution in [0.5, 0.6) is 0 Å². The van der Waals surface area contributed by atoms with Crippen molar-refractivity contribution in [3.63, 3.8) is 0 Å². The van der Waals surface area contributed by atoms with Crippen LogP contribution in [0.1, 0.15) is 78.1 Å². The van der Waals surface area contributed by atoms with Crippen molar-refractivity contribution in [3.05, 3.63) is 0 Å². The third-order valence-electron chi connectivity index (χ3n) is 4.59. The molecule has 6 N–H and O–H groups in total. The second kappa shape index (κ2) is 14.2. The number of nitrogens with two attached hydrogens (primary N) is 1. The van der Waals surface area contributed by atoms with Gasteiger partial charge in [-0.1, -0.05) is 39.0 Å². The van der Waals surface area contributed by atoms with Crippen LogP contribution in [0, 0.1) is 11.8 Å². The first-order chi connectivity index (χ1) is 10.9. The lowest BCUT2D eigenvalue weighted by molar-refractivity contribution is -0.0466. The van der Waals surface area contributed by atoms with E-state index < -0.39 is 6.29 Å². The van der Waals surface area contributed by atoms with Gasteiger partial charge in [0.25, 0.3) is 0 Å². The molecule has 0 saturated heterocycles. The fourth-order valence-electron chi connectivity index (χ4n) is 3.07. The molecule has 0 fully saturated rings. The highest BCUT2D eigenvalue weighted by Gasteiger charge is 2.21. The Labute approximate surface area is 141 Å². The number of aliphatic hydroxyl groups excluding tert-OH is 3. The minimum atomic E-state index is -1.17. The second-order valence-electron chi connectivity index (χ2n) is 7.20. The van der Waals surface area contributed by atoms with Gasteiger partial charge in [0.15, 0.2) is 6.29 Å². The number of hydrogen-bond acceptors (Lipinski definition) is 5. The van der Waals surface area contributed by atoms with E-state index in [2.05, 4.69) is 0 Å². The molecule has 0 aliphatic heterocycles. The van der Waals surface area contributed by atoms with Gasteiger partial charge < -0.3 is 26.2 Å². The van der Waals surface area contributed by atoms with Crippen LogP contribution >= 0.6 is 0 Å². The molecule has 0 aromatic carbocycles. The van der Waals surface area contributed by atoms with Gasteiger partial charge >= 0.3 is 0 Å². The summed E-state index contributed by atoms with van der Waals surface area (Å²) in [6, 6.07) is 0.0960. The average Bonchev–Trinajstić information content (AvgIpc) is 2.47. The van der Waals surface area contributed by atoms with E-state index in [-0.39, 0.29) is 30.6 Å². The molecule has 4 unspecified atom stereocenters. The first-order valence-corrected chi connectivity index (χ1v) is 9.27. The molecular formula is C18H39NO4.